The molecule has 2 aromatic heterocycles. The van der Waals surface area contributed by atoms with E-state index in [0.717, 1.165) is 17.7 Å². The minimum atomic E-state index is -0.639. The van der Waals surface area contributed by atoms with Crippen molar-refractivity contribution in [3.05, 3.63) is 47.2 Å². The predicted molar refractivity (Wildman–Crippen MR) is 125 cm³/mol. The molecular formula is C22H30FN5O3S. The predicted octanol–water partition coefficient (Wildman–Crippen LogP) is 2.79. The minimum absolute atomic E-state index is 0.0339. The Kier molecular flexibility index (Phi) is 8.97. The second-order valence-electron chi connectivity index (χ2n) is 7.93. The van der Waals surface area contributed by atoms with E-state index in [2.05, 4.69) is 27.5 Å². The van der Waals surface area contributed by atoms with Crippen LogP contribution in [0.5, 0.6) is 5.88 Å². The monoisotopic (exact) mass is 463 g/mol. The summed E-state index contributed by atoms with van der Waals surface area (Å²) >= 11 is 0. The topological polar surface area (TPSA) is 117 Å². The highest BCUT2D eigenvalue weighted by Crippen LogP contribution is 2.22. The first kappa shape index (κ1) is 25.5. The van der Waals surface area contributed by atoms with Gasteiger partial charge < -0.3 is 15.4 Å². The van der Waals surface area contributed by atoms with Crippen molar-refractivity contribution in [3.63, 3.8) is 0 Å². The molecule has 0 aliphatic carbocycles. The van der Waals surface area contributed by atoms with Gasteiger partial charge in [-0.1, -0.05) is 0 Å². The van der Waals surface area contributed by atoms with Crippen molar-refractivity contribution in [2.75, 3.05) is 30.5 Å². The molecule has 0 spiro atoms. The van der Waals surface area contributed by atoms with Crippen LogP contribution < -0.4 is 15.4 Å². The summed E-state index contributed by atoms with van der Waals surface area (Å²) in [5.74, 6) is 1.24. The van der Waals surface area contributed by atoms with Crippen molar-refractivity contribution in [2.45, 2.75) is 39.3 Å². The molecule has 2 aromatic rings. The lowest BCUT2D eigenvalue weighted by Crippen LogP contribution is -2.58. The summed E-state index contributed by atoms with van der Waals surface area (Å²) in [6.07, 6.45) is 3.04. The minimum Gasteiger partial charge on any atom is -0.478 e. The lowest BCUT2D eigenvalue weighted by Gasteiger charge is -2.36. The zero-order valence-electron chi connectivity index (χ0n) is 19.0. The Morgan fingerprint density at radius 1 is 1.34 bits per heavy atom. The van der Waals surface area contributed by atoms with E-state index < -0.39 is 16.6 Å². The van der Waals surface area contributed by atoms with Crippen molar-refractivity contribution < 1.29 is 18.1 Å². The second kappa shape index (κ2) is 11.2. The van der Waals surface area contributed by atoms with Gasteiger partial charge in [-0.15, -0.1) is 0 Å². The quantitative estimate of drug-likeness (QED) is 0.407. The van der Waals surface area contributed by atoms with Crippen LogP contribution in [0.3, 0.4) is 0 Å². The number of carbonyl (C=O) groups excluding carboxylic acids is 1. The summed E-state index contributed by atoms with van der Waals surface area (Å²) in [4.78, 5) is 18.9. The van der Waals surface area contributed by atoms with Gasteiger partial charge >= 0.3 is 0 Å². The zero-order valence-corrected chi connectivity index (χ0v) is 19.8. The Morgan fingerprint density at radius 3 is 2.53 bits per heavy atom. The van der Waals surface area contributed by atoms with Gasteiger partial charge in [0.2, 0.25) is 5.88 Å². The number of hydrogen-bond donors (Lipinski definition) is 3. The van der Waals surface area contributed by atoms with Gasteiger partial charge in [0.05, 0.1) is 24.2 Å². The van der Waals surface area contributed by atoms with Crippen LogP contribution in [0.2, 0.25) is 0 Å². The highest BCUT2D eigenvalue weighted by Gasteiger charge is 2.36. The maximum Gasteiger partial charge on any atom is 0.214 e. The van der Waals surface area contributed by atoms with E-state index in [0.29, 0.717) is 24.1 Å². The smallest absolute Gasteiger partial charge is 0.214 e. The fraction of sp³-hybridized carbons (Fsp3) is 0.455. The molecule has 1 saturated heterocycles. The van der Waals surface area contributed by atoms with E-state index in [4.69, 9.17) is 10.1 Å². The summed E-state index contributed by atoms with van der Waals surface area (Å²) in [6, 6.07) is 3.02. The maximum atomic E-state index is 14.1. The molecule has 3 heterocycles. The third-order valence-corrected chi connectivity index (χ3v) is 6.60. The summed E-state index contributed by atoms with van der Waals surface area (Å²) in [5.41, 5.74) is 1.23. The molecule has 32 heavy (non-hydrogen) atoms. The molecule has 10 heteroatoms. The summed E-state index contributed by atoms with van der Waals surface area (Å²) in [7, 11) is 1.39. The van der Waals surface area contributed by atoms with E-state index in [9.17, 15) is 13.4 Å². The van der Waals surface area contributed by atoms with Gasteiger partial charge in [-0.05, 0) is 40.8 Å². The normalized spacial score (nSPS) is 19.4. The van der Waals surface area contributed by atoms with E-state index in [1.165, 1.54) is 12.3 Å². The van der Waals surface area contributed by atoms with Crippen LogP contribution in [0, 0.1) is 11.2 Å². The Bertz CT molecular complexity index is 992. The van der Waals surface area contributed by atoms with Crippen LogP contribution in [0.4, 0.5) is 10.1 Å². The number of nitrogens with zero attached hydrogens (tertiary/aromatic N) is 2. The highest BCUT2D eigenvalue weighted by atomic mass is 32.2. The number of ether oxygens (including phenoxy) is 1. The summed E-state index contributed by atoms with van der Waals surface area (Å²) in [6.45, 7) is 8.11. The third kappa shape index (κ3) is 6.64. The summed E-state index contributed by atoms with van der Waals surface area (Å²) in [5, 5.41) is 14.6. The van der Waals surface area contributed by atoms with Crippen LogP contribution in [0.15, 0.2) is 24.5 Å². The van der Waals surface area contributed by atoms with Crippen molar-refractivity contribution >= 4 is 28.5 Å². The lowest BCUT2D eigenvalue weighted by molar-refractivity contribution is 0.112. The molecule has 174 valence electrons. The van der Waals surface area contributed by atoms with Gasteiger partial charge in [0.15, 0.2) is 12.1 Å². The molecule has 3 rings (SSSR count). The highest BCUT2D eigenvalue weighted by molar-refractivity contribution is 7.86. The first-order valence-electron chi connectivity index (χ1n) is 10.3. The maximum absolute atomic E-state index is 14.1. The molecule has 0 saturated carbocycles. The fourth-order valence-corrected chi connectivity index (χ4v) is 4.57. The van der Waals surface area contributed by atoms with Gasteiger partial charge in [0, 0.05) is 57.3 Å². The van der Waals surface area contributed by atoms with Crippen molar-refractivity contribution in [3.8, 4) is 5.88 Å². The number of rotatable bonds is 8. The van der Waals surface area contributed by atoms with Crippen LogP contribution in [-0.2, 0) is 10.8 Å². The van der Waals surface area contributed by atoms with Crippen LogP contribution in [-0.4, -0.2) is 62.9 Å². The van der Waals surface area contributed by atoms with Gasteiger partial charge in [-0.3, -0.25) is 19.4 Å². The second-order valence-corrected chi connectivity index (χ2v) is 9.39. The van der Waals surface area contributed by atoms with Gasteiger partial charge in [-0.25, -0.2) is 9.37 Å². The van der Waals surface area contributed by atoms with Gasteiger partial charge in [0.1, 0.15) is 5.69 Å². The van der Waals surface area contributed by atoms with Crippen molar-refractivity contribution in [1.29, 1.82) is 5.41 Å². The number of halogens is 1. The average molecular weight is 464 g/mol. The fourth-order valence-electron chi connectivity index (χ4n) is 2.94. The first-order valence-corrected chi connectivity index (χ1v) is 11.7. The van der Waals surface area contributed by atoms with Crippen molar-refractivity contribution in [2.24, 2.45) is 0 Å². The number of aromatic nitrogens is 2. The first-order chi connectivity index (χ1) is 15.1. The van der Waals surface area contributed by atoms with Crippen molar-refractivity contribution in [1.82, 2.24) is 15.3 Å². The molecule has 0 aromatic carbocycles. The molecule has 1 aliphatic heterocycles. The van der Waals surface area contributed by atoms with E-state index in [-0.39, 0.29) is 34.4 Å². The number of aldehydes is 1. The van der Waals surface area contributed by atoms with E-state index in [1.807, 2.05) is 20.9 Å². The molecular weight excluding hydrogens is 433 g/mol. The summed E-state index contributed by atoms with van der Waals surface area (Å²) < 4.78 is 29.9. The largest absolute Gasteiger partial charge is 0.478 e. The van der Waals surface area contributed by atoms with Crippen LogP contribution in [0.1, 0.15) is 49.3 Å². The number of pyridine rings is 2. The van der Waals surface area contributed by atoms with Gasteiger partial charge in [0.25, 0.3) is 0 Å². The Balaban J connectivity index is 0.000000380. The van der Waals surface area contributed by atoms with E-state index >= 15 is 0 Å². The Morgan fingerprint density at radius 2 is 2.03 bits per heavy atom. The molecule has 0 unspecified atom stereocenters. The molecule has 1 fully saturated rings. The SMILES string of the molecule is CCOc1cc(C(=N)c2ncc(C=O)cc2NC(C)C)c(F)cn1.CNC1(C)CS(=O)C1. The number of anilines is 1. The standard InChI is InChI=1S/C17H19FN4O2.C5H11NOS/c1-4-24-15-6-12(13(18)8-20-15)16(19)17-14(22-10(2)3)5-11(9-23)7-21-17;1-5(6-2)3-8(7)4-5/h5-10,19,22H,4H2,1-3H3;6H,3-4H2,1-2H3. The molecule has 8 nitrogen and oxygen atoms in total. The molecule has 0 atom stereocenters. The van der Waals surface area contributed by atoms with Gasteiger partial charge in [-0.2, -0.15) is 0 Å². The number of carbonyl (C=O) groups is 1. The van der Waals surface area contributed by atoms with Crippen LogP contribution in [0.25, 0.3) is 0 Å². The third-order valence-electron chi connectivity index (χ3n) is 4.68. The van der Waals surface area contributed by atoms with Crippen LogP contribution >= 0.6 is 0 Å². The molecule has 0 bridgehead atoms. The number of nitrogens with one attached hydrogen (secondary N) is 3. The zero-order chi connectivity index (χ0) is 23.9. The van der Waals surface area contributed by atoms with E-state index in [1.54, 1.807) is 13.0 Å². The number of hydrogen-bond acceptors (Lipinski definition) is 8. The Labute approximate surface area is 190 Å². The molecule has 0 amide bonds. The average Bonchev–Trinajstić information content (AvgIpc) is 2.73. The molecule has 0 radical (unpaired) electrons. The Hall–Kier alpha value is -2.72. The lowest BCUT2D eigenvalue weighted by atomic mass is 10.0. The molecule has 3 N–H and O–H groups in total. The molecule has 1 aliphatic rings.